The van der Waals surface area contributed by atoms with E-state index in [9.17, 15) is 4.79 Å². The Morgan fingerprint density at radius 3 is 3.32 bits per heavy atom. The Morgan fingerprint density at radius 1 is 1.74 bits per heavy atom. The maximum Gasteiger partial charge on any atom is 0.355 e. The Kier molecular flexibility index (Phi) is 4.36. The van der Waals surface area contributed by atoms with Crippen LogP contribution in [0, 0.1) is 11.3 Å². The van der Waals surface area contributed by atoms with E-state index in [4.69, 9.17) is 10.1 Å². The lowest BCUT2D eigenvalue weighted by Crippen LogP contribution is -2.17. The van der Waals surface area contributed by atoms with E-state index < -0.39 is 5.97 Å². The molecule has 19 heavy (non-hydrogen) atoms. The van der Waals surface area contributed by atoms with Crippen LogP contribution < -0.4 is 0 Å². The predicted octanol–water partition coefficient (Wildman–Crippen LogP) is 1.36. The van der Waals surface area contributed by atoms with Gasteiger partial charge in [-0.1, -0.05) is 5.16 Å². The van der Waals surface area contributed by atoms with E-state index in [0.717, 1.165) is 5.03 Å². The Labute approximate surface area is 114 Å². The van der Waals surface area contributed by atoms with E-state index in [1.165, 1.54) is 18.9 Å². The third kappa shape index (κ3) is 3.45. The van der Waals surface area contributed by atoms with Crippen LogP contribution in [0.3, 0.4) is 0 Å². The van der Waals surface area contributed by atoms with Gasteiger partial charge in [0.15, 0.2) is 5.71 Å². The van der Waals surface area contributed by atoms with Crippen molar-refractivity contribution >= 4 is 23.4 Å². The second kappa shape index (κ2) is 6.20. The number of carbonyl (C=O) groups excluding carboxylic acids is 1. The summed E-state index contributed by atoms with van der Waals surface area (Å²) in [5, 5.41) is 13.2. The van der Waals surface area contributed by atoms with E-state index >= 15 is 0 Å². The van der Waals surface area contributed by atoms with Gasteiger partial charge < -0.3 is 9.57 Å². The fraction of sp³-hybridized carbons (Fsp3) is 0.333. The van der Waals surface area contributed by atoms with Gasteiger partial charge in [-0.15, -0.1) is 11.8 Å². The van der Waals surface area contributed by atoms with Gasteiger partial charge in [0.25, 0.3) is 0 Å². The molecule has 1 aliphatic rings. The molecular weight excluding hydrogens is 266 g/mol. The van der Waals surface area contributed by atoms with Crippen molar-refractivity contribution in [1.82, 2.24) is 4.98 Å². The molecule has 0 amide bonds. The molecule has 98 valence electrons. The fourth-order valence-corrected chi connectivity index (χ4v) is 2.37. The molecule has 6 nitrogen and oxygen atoms in total. The normalized spacial score (nSPS) is 17.3. The zero-order valence-electron chi connectivity index (χ0n) is 10.2. The van der Waals surface area contributed by atoms with Crippen LogP contribution in [0.2, 0.25) is 0 Å². The van der Waals surface area contributed by atoms with E-state index in [2.05, 4.69) is 20.9 Å². The SMILES string of the molecule is COC(=O)C1=NO[C@@H](CSc2cc(C#N)ccn2)C1. The molecule has 0 fully saturated rings. The Bertz CT molecular complexity index is 553. The van der Waals surface area contributed by atoms with Crippen molar-refractivity contribution in [1.29, 1.82) is 5.26 Å². The Hall–Kier alpha value is -2.07. The lowest BCUT2D eigenvalue weighted by atomic mass is 10.2. The number of rotatable bonds is 4. The molecule has 0 radical (unpaired) electrons. The van der Waals surface area contributed by atoms with Crippen molar-refractivity contribution in [2.75, 3.05) is 12.9 Å². The van der Waals surface area contributed by atoms with Crippen LogP contribution in [0.5, 0.6) is 0 Å². The number of pyridine rings is 1. The zero-order chi connectivity index (χ0) is 13.7. The first kappa shape index (κ1) is 13.4. The number of ether oxygens (including phenoxy) is 1. The number of carbonyl (C=O) groups is 1. The average molecular weight is 277 g/mol. The van der Waals surface area contributed by atoms with Crippen molar-refractivity contribution in [3.05, 3.63) is 23.9 Å². The monoisotopic (exact) mass is 277 g/mol. The molecule has 2 rings (SSSR count). The minimum absolute atomic E-state index is 0.174. The van der Waals surface area contributed by atoms with Gasteiger partial charge in [-0.2, -0.15) is 5.26 Å². The Morgan fingerprint density at radius 2 is 2.58 bits per heavy atom. The molecule has 7 heteroatoms. The zero-order valence-corrected chi connectivity index (χ0v) is 11.0. The number of hydrogen-bond acceptors (Lipinski definition) is 7. The third-order valence-electron chi connectivity index (χ3n) is 2.44. The smallest absolute Gasteiger partial charge is 0.355 e. The molecule has 0 bridgehead atoms. The minimum Gasteiger partial charge on any atom is -0.464 e. The first-order chi connectivity index (χ1) is 9.22. The fourth-order valence-electron chi connectivity index (χ4n) is 1.49. The van der Waals surface area contributed by atoms with Crippen LogP contribution in [0.1, 0.15) is 12.0 Å². The average Bonchev–Trinajstić information content (AvgIpc) is 2.93. The topological polar surface area (TPSA) is 84.6 Å². The van der Waals surface area contributed by atoms with Crippen molar-refractivity contribution in [2.45, 2.75) is 17.6 Å². The maximum atomic E-state index is 11.2. The summed E-state index contributed by atoms with van der Waals surface area (Å²) in [6, 6.07) is 5.41. The van der Waals surface area contributed by atoms with Gasteiger partial charge in [-0.25, -0.2) is 9.78 Å². The number of hydrogen-bond donors (Lipinski definition) is 0. The molecule has 0 aromatic carbocycles. The molecular formula is C12H11N3O3S. The second-order valence-corrected chi connectivity index (χ2v) is 4.81. The quantitative estimate of drug-likeness (QED) is 0.610. The highest BCUT2D eigenvalue weighted by atomic mass is 32.2. The summed E-state index contributed by atoms with van der Waals surface area (Å²) in [7, 11) is 1.31. The molecule has 0 N–H and O–H groups in total. The van der Waals surface area contributed by atoms with E-state index in [0.29, 0.717) is 23.4 Å². The van der Waals surface area contributed by atoms with Crippen LogP contribution in [0.4, 0.5) is 0 Å². The number of esters is 1. The molecule has 0 saturated carbocycles. The van der Waals surface area contributed by atoms with Gasteiger partial charge in [0.1, 0.15) is 6.10 Å². The standard InChI is InChI=1S/C12H11N3O3S/c1-17-12(16)10-5-9(18-15-10)7-19-11-4-8(6-13)2-3-14-11/h2-4,9H,5,7H2,1H3/t9-/m1/s1. The first-order valence-electron chi connectivity index (χ1n) is 5.53. The molecule has 0 unspecified atom stereocenters. The summed E-state index contributed by atoms with van der Waals surface area (Å²) in [4.78, 5) is 20.5. The number of nitrogens with zero attached hydrogens (tertiary/aromatic N) is 3. The van der Waals surface area contributed by atoms with E-state index in [1.54, 1.807) is 18.3 Å². The summed E-state index contributed by atoms with van der Waals surface area (Å²) >= 11 is 1.46. The van der Waals surface area contributed by atoms with Gasteiger partial charge in [0.05, 0.1) is 23.8 Å². The highest BCUT2D eigenvalue weighted by molar-refractivity contribution is 7.99. The number of aromatic nitrogens is 1. The van der Waals surface area contributed by atoms with Gasteiger partial charge in [0.2, 0.25) is 0 Å². The van der Waals surface area contributed by atoms with Gasteiger partial charge in [-0.3, -0.25) is 0 Å². The number of thioether (sulfide) groups is 1. The summed E-state index contributed by atoms with van der Waals surface area (Å²) in [5.41, 5.74) is 0.864. The Balaban J connectivity index is 1.85. The summed E-state index contributed by atoms with van der Waals surface area (Å²) in [5.74, 6) is 0.142. The number of methoxy groups -OCH3 is 1. The van der Waals surface area contributed by atoms with Crippen LogP contribution in [-0.4, -0.2) is 35.6 Å². The van der Waals surface area contributed by atoms with Crippen molar-refractivity contribution in [3.8, 4) is 6.07 Å². The summed E-state index contributed by atoms with van der Waals surface area (Å²) in [6.07, 6.45) is 1.84. The largest absolute Gasteiger partial charge is 0.464 e. The molecule has 1 atom stereocenters. The summed E-state index contributed by atoms with van der Waals surface area (Å²) in [6.45, 7) is 0. The second-order valence-electron chi connectivity index (χ2n) is 3.77. The van der Waals surface area contributed by atoms with Crippen molar-refractivity contribution in [2.24, 2.45) is 5.16 Å². The molecule has 0 aliphatic carbocycles. The maximum absolute atomic E-state index is 11.2. The highest BCUT2D eigenvalue weighted by Crippen LogP contribution is 2.22. The molecule has 0 spiro atoms. The number of oxime groups is 1. The van der Waals surface area contributed by atoms with Gasteiger partial charge in [-0.05, 0) is 12.1 Å². The molecule has 1 aromatic rings. The lowest BCUT2D eigenvalue weighted by molar-refractivity contribution is -0.132. The molecule has 1 aliphatic heterocycles. The van der Waals surface area contributed by atoms with E-state index in [-0.39, 0.29) is 6.10 Å². The summed E-state index contributed by atoms with van der Waals surface area (Å²) < 4.78 is 4.57. The third-order valence-corrected chi connectivity index (χ3v) is 3.49. The van der Waals surface area contributed by atoms with Crippen molar-refractivity contribution in [3.63, 3.8) is 0 Å². The molecule has 2 heterocycles. The van der Waals surface area contributed by atoms with Crippen LogP contribution in [0.25, 0.3) is 0 Å². The lowest BCUT2D eigenvalue weighted by Gasteiger charge is -2.06. The minimum atomic E-state index is -0.461. The van der Waals surface area contributed by atoms with Crippen LogP contribution in [0.15, 0.2) is 28.5 Å². The highest BCUT2D eigenvalue weighted by Gasteiger charge is 2.26. The number of nitriles is 1. The van der Waals surface area contributed by atoms with Crippen LogP contribution >= 0.6 is 11.8 Å². The molecule has 0 saturated heterocycles. The van der Waals surface area contributed by atoms with Crippen LogP contribution in [-0.2, 0) is 14.4 Å². The first-order valence-corrected chi connectivity index (χ1v) is 6.51. The molecule has 1 aromatic heterocycles. The van der Waals surface area contributed by atoms with E-state index in [1.807, 2.05) is 0 Å². The van der Waals surface area contributed by atoms with Crippen molar-refractivity contribution < 1.29 is 14.4 Å². The predicted molar refractivity (Wildman–Crippen MR) is 68.6 cm³/mol. The van der Waals surface area contributed by atoms with Gasteiger partial charge >= 0.3 is 5.97 Å². The van der Waals surface area contributed by atoms with Gasteiger partial charge in [0, 0.05) is 18.4 Å².